The molecule has 1 unspecified atom stereocenters. The Morgan fingerprint density at radius 3 is 2.71 bits per heavy atom. The molecule has 0 spiro atoms. The van der Waals surface area contributed by atoms with Gasteiger partial charge in [0.15, 0.2) is 0 Å². The van der Waals surface area contributed by atoms with Crippen molar-refractivity contribution in [3.05, 3.63) is 47.3 Å². The maximum atomic E-state index is 5.54. The van der Waals surface area contributed by atoms with Gasteiger partial charge in [-0.1, -0.05) is 24.6 Å². The lowest BCUT2D eigenvalue weighted by molar-refractivity contribution is 0.382. The summed E-state index contributed by atoms with van der Waals surface area (Å²) in [5.41, 5.74) is 3.61. The Bertz CT molecular complexity index is 577. The summed E-state index contributed by atoms with van der Waals surface area (Å²) >= 11 is 0. The Morgan fingerprint density at radius 2 is 2.10 bits per heavy atom. The standard InChI is InChI=1S/C17H25N3O/c1-5-9-18-16(12-20-14(3)8-10-19-20)15-11-13(2)6-7-17(15)21-4/h6-8,10-11,16,18H,5,9,12H2,1-4H3. The van der Waals surface area contributed by atoms with Crippen molar-refractivity contribution in [2.75, 3.05) is 13.7 Å². The zero-order valence-corrected chi connectivity index (χ0v) is 13.4. The Morgan fingerprint density at radius 1 is 1.29 bits per heavy atom. The van der Waals surface area contributed by atoms with Gasteiger partial charge in [-0.05, 0) is 38.9 Å². The number of rotatable bonds is 7. The number of aromatic nitrogens is 2. The van der Waals surface area contributed by atoms with Crippen LogP contribution in [0.15, 0.2) is 30.5 Å². The van der Waals surface area contributed by atoms with E-state index in [1.165, 1.54) is 16.8 Å². The van der Waals surface area contributed by atoms with Crippen molar-refractivity contribution < 1.29 is 4.74 Å². The van der Waals surface area contributed by atoms with E-state index in [0.29, 0.717) is 0 Å². The van der Waals surface area contributed by atoms with Gasteiger partial charge in [-0.25, -0.2) is 0 Å². The van der Waals surface area contributed by atoms with Crippen LogP contribution in [0.25, 0.3) is 0 Å². The molecule has 0 aliphatic rings. The highest BCUT2D eigenvalue weighted by Crippen LogP contribution is 2.27. The Balaban J connectivity index is 2.31. The molecule has 0 saturated carbocycles. The highest BCUT2D eigenvalue weighted by atomic mass is 16.5. The van der Waals surface area contributed by atoms with Gasteiger partial charge < -0.3 is 10.1 Å². The fourth-order valence-corrected chi connectivity index (χ4v) is 2.48. The van der Waals surface area contributed by atoms with Gasteiger partial charge in [0.25, 0.3) is 0 Å². The first-order valence-corrected chi connectivity index (χ1v) is 7.52. The van der Waals surface area contributed by atoms with Crippen molar-refractivity contribution in [1.82, 2.24) is 15.1 Å². The van der Waals surface area contributed by atoms with Crippen molar-refractivity contribution in [1.29, 1.82) is 0 Å². The summed E-state index contributed by atoms with van der Waals surface area (Å²) in [6, 6.07) is 8.55. The van der Waals surface area contributed by atoms with Crippen LogP contribution < -0.4 is 10.1 Å². The summed E-state index contributed by atoms with van der Waals surface area (Å²) < 4.78 is 7.58. The topological polar surface area (TPSA) is 39.1 Å². The van der Waals surface area contributed by atoms with Crippen LogP contribution in [0.3, 0.4) is 0 Å². The first kappa shape index (κ1) is 15.6. The molecule has 21 heavy (non-hydrogen) atoms. The van der Waals surface area contributed by atoms with E-state index >= 15 is 0 Å². The monoisotopic (exact) mass is 287 g/mol. The van der Waals surface area contributed by atoms with Gasteiger partial charge in [0.05, 0.1) is 19.7 Å². The molecule has 0 bridgehead atoms. The summed E-state index contributed by atoms with van der Waals surface area (Å²) in [5.74, 6) is 0.930. The molecule has 1 aromatic carbocycles. The normalized spacial score (nSPS) is 12.4. The molecule has 2 aromatic rings. The number of nitrogens with zero attached hydrogens (tertiary/aromatic N) is 2. The van der Waals surface area contributed by atoms with E-state index < -0.39 is 0 Å². The van der Waals surface area contributed by atoms with E-state index in [-0.39, 0.29) is 6.04 Å². The van der Waals surface area contributed by atoms with E-state index in [9.17, 15) is 0 Å². The highest BCUT2D eigenvalue weighted by molar-refractivity contribution is 5.39. The smallest absolute Gasteiger partial charge is 0.123 e. The van der Waals surface area contributed by atoms with Crippen molar-refractivity contribution in [3.63, 3.8) is 0 Å². The number of hydrogen-bond donors (Lipinski definition) is 1. The second-order valence-electron chi connectivity index (χ2n) is 5.41. The SMILES string of the molecule is CCCNC(Cn1nccc1C)c1cc(C)ccc1OC. The fraction of sp³-hybridized carbons (Fsp3) is 0.471. The maximum Gasteiger partial charge on any atom is 0.123 e. The first-order chi connectivity index (χ1) is 10.2. The van der Waals surface area contributed by atoms with Gasteiger partial charge in [0.1, 0.15) is 5.75 Å². The van der Waals surface area contributed by atoms with Crippen molar-refractivity contribution in [2.45, 2.75) is 39.8 Å². The molecule has 2 rings (SSSR count). The van der Waals surface area contributed by atoms with Gasteiger partial charge in [-0.3, -0.25) is 4.68 Å². The predicted molar refractivity (Wildman–Crippen MR) is 85.7 cm³/mol. The quantitative estimate of drug-likeness (QED) is 0.849. The van der Waals surface area contributed by atoms with Crippen LogP contribution in [0.5, 0.6) is 5.75 Å². The average Bonchev–Trinajstić information content (AvgIpc) is 2.88. The Labute approximate surface area is 127 Å². The summed E-state index contributed by atoms with van der Waals surface area (Å²) in [4.78, 5) is 0. The van der Waals surface area contributed by atoms with Gasteiger partial charge in [-0.15, -0.1) is 0 Å². The maximum absolute atomic E-state index is 5.54. The zero-order valence-electron chi connectivity index (χ0n) is 13.4. The van der Waals surface area contributed by atoms with E-state index in [1.54, 1.807) is 7.11 Å². The van der Waals surface area contributed by atoms with Gasteiger partial charge in [0.2, 0.25) is 0 Å². The molecule has 114 valence electrons. The average molecular weight is 287 g/mol. The van der Waals surface area contributed by atoms with E-state index in [4.69, 9.17) is 4.74 Å². The number of benzene rings is 1. The number of aryl methyl sites for hydroxylation is 2. The summed E-state index contributed by atoms with van der Waals surface area (Å²) in [6.45, 7) is 8.15. The molecule has 1 atom stereocenters. The van der Waals surface area contributed by atoms with Crippen LogP contribution in [0.1, 0.15) is 36.2 Å². The zero-order chi connectivity index (χ0) is 15.2. The van der Waals surface area contributed by atoms with Crippen LogP contribution in [-0.2, 0) is 6.54 Å². The molecule has 1 aromatic heterocycles. The molecule has 1 heterocycles. The minimum Gasteiger partial charge on any atom is -0.496 e. The molecule has 0 radical (unpaired) electrons. The Hall–Kier alpha value is -1.81. The van der Waals surface area contributed by atoms with Crippen molar-refractivity contribution in [2.24, 2.45) is 0 Å². The van der Waals surface area contributed by atoms with Crippen LogP contribution in [0, 0.1) is 13.8 Å². The van der Waals surface area contributed by atoms with E-state index in [0.717, 1.165) is 25.3 Å². The molecule has 4 heteroatoms. The van der Waals surface area contributed by atoms with Crippen LogP contribution in [0.2, 0.25) is 0 Å². The predicted octanol–water partition coefficient (Wildman–Crippen LogP) is 3.25. The first-order valence-electron chi connectivity index (χ1n) is 7.52. The second kappa shape index (κ2) is 7.27. The molecular weight excluding hydrogens is 262 g/mol. The number of ether oxygens (including phenoxy) is 1. The second-order valence-corrected chi connectivity index (χ2v) is 5.41. The number of methoxy groups -OCH3 is 1. The third-order valence-electron chi connectivity index (χ3n) is 3.69. The highest BCUT2D eigenvalue weighted by Gasteiger charge is 2.17. The van der Waals surface area contributed by atoms with Crippen molar-refractivity contribution in [3.8, 4) is 5.75 Å². The lowest BCUT2D eigenvalue weighted by atomic mass is 10.0. The van der Waals surface area contributed by atoms with Crippen molar-refractivity contribution >= 4 is 0 Å². The largest absolute Gasteiger partial charge is 0.496 e. The lowest BCUT2D eigenvalue weighted by Crippen LogP contribution is -2.27. The minimum atomic E-state index is 0.193. The van der Waals surface area contributed by atoms with Gasteiger partial charge >= 0.3 is 0 Å². The molecular formula is C17H25N3O. The Kier molecular flexibility index (Phi) is 5.39. The van der Waals surface area contributed by atoms with Gasteiger partial charge in [-0.2, -0.15) is 5.10 Å². The molecule has 0 saturated heterocycles. The number of nitrogens with one attached hydrogen (secondary N) is 1. The number of hydrogen-bond acceptors (Lipinski definition) is 3. The molecule has 4 nitrogen and oxygen atoms in total. The minimum absolute atomic E-state index is 0.193. The third-order valence-corrected chi connectivity index (χ3v) is 3.69. The fourth-order valence-electron chi connectivity index (χ4n) is 2.48. The summed E-state index contributed by atoms with van der Waals surface area (Å²) in [7, 11) is 1.73. The lowest BCUT2D eigenvalue weighted by Gasteiger charge is -2.22. The molecule has 0 aliphatic heterocycles. The molecule has 0 amide bonds. The van der Waals surface area contributed by atoms with Gasteiger partial charge in [0, 0.05) is 17.5 Å². The summed E-state index contributed by atoms with van der Waals surface area (Å²) in [6.07, 6.45) is 2.95. The van der Waals surface area contributed by atoms with E-state index in [1.807, 2.05) is 23.0 Å². The third kappa shape index (κ3) is 3.85. The van der Waals surface area contributed by atoms with Crippen LogP contribution in [-0.4, -0.2) is 23.4 Å². The van der Waals surface area contributed by atoms with Crippen LogP contribution >= 0.6 is 0 Å². The van der Waals surface area contributed by atoms with Crippen LogP contribution in [0.4, 0.5) is 0 Å². The molecule has 0 fully saturated rings. The molecule has 0 aliphatic carbocycles. The summed E-state index contributed by atoms with van der Waals surface area (Å²) in [5, 5.41) is 8.02. The molecule has 1 N–H and O–H groups in total. The van der Waals surface area contributed by atoms with E-state index in [2.05, 4.69) is 43.3 Å².